The van der Waals surface area contributed by atoms with E-state index in [0.29, 0.717) is 5.95 Å². The van der Waals surface area contributed by atoms with Crippen molar-refractivity contribution in [2.75, 3.05) is 0 Å². The lowest BCUT2D eigenvalue weighted by molar-refractivity contribution is 0.366. The third kappa shape index (κ3) is 2.37. The van der Waals surface area contributed by atoms with E-state index < -0.39 is 8.32 Å². The molecule has 1 aromatic heterocycles. The Morgan fingerprint density at radius 1 is 1.31 bits per heavy atom. The van der Waals surface area contributed by atoms with Crippen LogP contribution < -0.4 is 4.43 Å². The molecule has 13 heavy (non-hydrogen) atoms. The Kier molecular flexibility index (Phi) is 2.57. The van der Waals surface area contributed by atoms with Gasteiger partial charge < -0.3 is 8.84 Å². The maximum atomic E-state index is 5.88. The summed E-state index contributed by atoms with van der Waals surface area (Å²) in [7, 11) is -1.70. The molecule has 1 heterocycles. The first-order valence-corrected chi connectivity index (χ1v) is 7.46. The minimum absolute atomic E-state index is 0.222. The molecule has 0 atom stereocenters. The van der Waals surface area contributed by atoms with E-state index in [-0.39, 0.29) is 5.04 Å². The van der Waals surface area contributed by atoms with E-state index in [9.17, 15) is 0 Å². The standard InChI is InChI=1S/C10H18O2Si/c1-10(2,3)13(4,5)12-9-7-6-8-11-9/h6-8H,1-5H3. The van der Waals surface area contributed by atoms with E-state index in [1.54, 1.807) is 6.26 Å². The zero-order valence-corrected chi connectivity index (χ0v) is 10.0. The van der Waals surface area contributed by atoms with Crippen LogP contribution in [0.25, 0.3) is 0 Å². The van der Waals surface area contributed by atoms with Gasteiger partial charge in [0.2, 0.25) is 0 Å². The van der Waals surface area contributed by atoms with Gasteiger partial charge in [0.05, 0.1) is 6.26 Å². The van der Waals surface area contributed by atoms with Gasteiger partial charge >= 0.3 is 0 Å². The van der Waals surface area contributed by atoms with Crippen LogP contribution in [0.5, 0.6) is 5.95 Å². The van der Waals surface area contributed by atoms with Gasteiger partial charge in [-0.3, -0.25) is 0 Å². The van der Waals surface area contributed by atoms with Crippen molar-refractivity contribution in [2.24, 2.45) is 0 Å². The number of rotatable bonds is 2. The largest absolute Gasteiger partial charge is 0.519 e. The Bertz CT molecular complexity index is 257. The van der Waals surface area contributed by atoms with E-state index in [2.05, 4.69) is 33.9 Å². The highest BCUT2D eigenvalue weighted by Gasteiger charge is 2.39. The zero-order valence-electron chi connectivity index (χ0n) is 9.05. The first-order valence-electron chi connectivity index (χ1n) is 4.55. The molecule has 0 aliphatic heterocycles. The summed E-state index contributed by atoms with van der Waals surface area (Å²) in [5.74, 6) is 0.645. The molecule has 3 heteroatoms. The summed E-state index contributed by atoms with van der Waals surface area (Å²) in [6.45, 7) is 11.0. The van der Waals surface area contributed by atoms with Crippen LogP contribution in [0.1, 0.15) is 20.8 Å². The van der Waals surface area contributed by atoms with Gasteiger partial charge in [0.25, 0.3) is 14.3 Å². The smallest absolute Gasteiger partial charge is 0.270 e. The number of furan rings is 1. The lowest BCUT2D eigenvalue weighted by Gasteiger charge is -2.35. The molecule has 1 rings (SSSR count). The quantitative estimate of drug-likeness (QED) is 0.677. The van der Waals surface area contributed by atoms with Crippen LogP contribution in [0.15, 0.2) is 22.8 Å². The van der Waals surface area contributed by atoms with E-state index in [0.717, 1.165) is 0 Å². The summed E-state index contributed by atoms with van der Waals surface area (Å²) in [6.07, 6.45) is 1.64. The summed E-state index contributed by atoms with van der Waals surface area (Å²) >= 11 is 0. The summed E-state index contributed by atoms with van der Waals surface area (Å²) in [6, 6.07) is 3.71. The first-order chi connectivity index (χ1) is 5.83. The highest BCUT2D eigenvalue weighted by atomic mass is 28.4. The lowest BCUT2D eigenvalue weighted by Crippen LogP contribution is -2.43. The molecular weight excluding hydrogens is 180 g/mol. The molecule has 0 fully saturated rings. The summed E-state index contributed by atoms with van der Waals surface area (Å²) in [5.41, 5.74) is 0. The molecule has 74 valence electrons. The van der Waals surface area contributed by atoms with Crippen LogP contribution >= 0.6 is 0 Å². The third-order valence-electron chi connectivity index (χ3n) is 2.66. The molecule has 0 aliphatic rings. The molecule has 0 aliphatic carbocycles. The second kappa shape index (κ2) is 3.22. The molecule has 1 aromatic rings. The van der Waals surface area contributed by atoms with Crippen molar-refractivity contribution in [1.29, 1.82) is 0 Å². The maximum Gasteiger partial charge on any atom is 0.270 e. The monoisotopic (exact) mass is 198 g/mol. The fraction of sp³-hybridized carbons (Fsp3) is 0.600. The van der Waals surface area contributed by atoms with E-state index in [1.165, 1.54) is 0 Å². The van der Waals surface area contributed by atoms with Crippen molar-refractivity contribution in [3.63, 3.8) is 0 Å². The Morgan fingerprint density at radius 2 is 1.92 bits per heavy atom. The molecule has 0 aromatic carbocycles. The molecule has 0 saturated carbocycles. The molecule has 0 radical (unpaired) electrons. The maximum absolute atomic E-state index is 5.88. The normalized spacial score (nSPS) is 13.0. The molecule has 0 saturated heterocycles. The fourth-order valence-corrected chi connectivity index (χ4v) is 1.65. The predicted molar refractivity (Wildman–Crippen MR) is 56.5 cm³/mol. The predicted octanol–water partition coefficient (Wildman–Crippen LogP) is 3.66. The van der Waals surface area contributed by atoms with Crippen LogP contribution in [0.2, 0.25) is 18.1 Å². The SMILES string of the molecule is CC(C)(C)[Si](C)(C)Oc1ccco1. The average Bonchev–Trinajstić information content (AvgIpc) is 2.35. The van der Waals surface area contributed by atoms with Crippen LogP contribution in [0.4, 0.5) is 0 Å². The van der Waals surface area contributed by atoms with Gasteiger partial charge in [0, 0.05) is 6.07 Å². The van der Waals surface area contributed by atoms with Crippen molar-refractivity contribution in [3.05, 3.63) is 18.4 Å². The van der Waals surface area contributed by atoms with Crippen molar-refractivity contribution in [3.8, 4) is 5.95 Å². The van der Waals surface area contributed by atoms with Crippen LogP contribution in [-0.4, -0.2) is 8.32 Å². The third-order valence-corrected chi connectivity index (χ3v) is 6.98. The van der Waals surface area contributed by atoms with Gasteiger partial charge in [-0.1, -0.05) is 20.8 Å². The Labute approximate surface area is 81.0 Å². The minimum atomic E-state index is -1.70. The van der Waals surface area contributed by atoms with E-state index >= 15 is 0 Å². The highest BCUT2D eigenvalue weighted by Crippen LogP contribution is 2.37. The van der Waals surface area contributed by atoms with Gasteiger partial charge in [0.15, 0.2) is 0 Å². The first kappa shape index (κ1) is 10.4. The van der Waals surface area contributed by atoms with Gasteiger partial charge in [-0.15, -0.1) is 0 Å². The summed E-state index contributed by atoms with van der Waals surface area (Å²) < 4.78 is 11.1. The summed E-state index contributed by atoms with van der Waals surface area (Å²) in [4.78, 5) is 0. The van der Waals surface area contributed by atoms with E-state index in [4.69, 9.17) is 8.84 Å². The second-order valence-electron chi connectivity index (χ2n) is 4.79. The summed E-state index contributed by atoms with van der Waals surface area (Å²) in [5, 5.41) is 0.222. The Morgan fingerprint density at radius 3 is 2.31 bits per heavy atom. The average molecular weight is 198 g/mol. The molecule has 0 N–H and O–H groups in total. The molecule has 0 spiro atoms. The highest BCUT2D eigenvalue weighted by molar-refractivity contribution is 6.74. The van der Waals surface area contributed by atoms with Crippen molar-refractivity contribution < 1.29 is 8.84 Å². The van der Waals surface area contributed by atoms with Crippen LogP contribution in [0, 0.1) is 0 Å². The van der Waals surface area contributed by atoms with Gasteiger partial charge in [-0.2, -0.15) is 0 Å². The van der Waals surface area contributed by atoms with Crippen molar-refractivity contribution in [1.82, 2.24) is 0 Å². The minimum Gasteiger partial charge on any atom is -0.519 e. The second-order valence-corrected chi connectivity index (χ2v) is 9.52. The van der Waals surface area contributed by atoms with Crippen molar-refractivity contribution in [2.45, 2.75) is 38.9 Å². The Hall–Kier alpha value is -0.703. The molecule has 0 bridgehead atoms. The van der Waals surface area contributed by atoms with Gasteiger partial charge in [-0.25, -0.2) is 0 Å². The Balaban J connectivity index is 2.73. The van der Waals surface area contributed by atoms with E-state index in [1.807, 2.05) is 12.1 Å². The molecule has 0 amide bonds. The topological polar surface area (TPSA) is 22.4 Å². The van der Waals surface area contributed by atoms with Gasteiger partial charge in [-0.05, 0) is 24.2 Å². The fourth-order valence-electron chi connectivity index (χ4n) is 0.726. The van der Waals surface area contributed by atoms with Crippen LogP contribution in [-0.2, 0) is 0 Å². The molecule has 0 unspecified atom stereocenters. The number of hydrogen-bond donors (Lipinski definition) is 0. The molecular formula is C10H18O2Si. The van der Waals surface area contributed by atoms with Crippen molar-refractivity contribution >= 4 is 8.32 Å². The molecule has 2 nitrogen and oxygen atoms in total. The lowest BCUT2D eigenvalue weighted by atomic mass is 10.2. The van der Waals surface area contributed by atoms with Crippen LogP contribution in [0.3, 0.4) is 0 Å². The van der Waals surface area contributed by atoms with Gasteiger partial charge in [0.1, 0.15) is 0 Å². The number of hydrogen-bond acceptors (Lipinski definition) is 2. The zero-order chi connectivity index (χ0) is 10.1.